The molecule has 1 aromatic rings. The Hall–Kier alpha value is -1.14. The third kappa shape index (κ3) is 2.79. The topological polar surface area (TPSA) is 46.6 Å². The maximum atomic E-state index is 12.9. The Morgan fingerprint density at radius 3 is 2.67 bits per heavy atom. The summed E-state index contributed by atoms with van der Waals surface area (Å²) in [6.07, 6.45) is 2.96. The predicted octanol–water partition coefficient (Wildman–Crippen LogP) is 2.41. The third-order valence-electron chi connectivity index (χ3n) is 4.60. The summed E-state index contributed by atoms with van der Waals surface area (Å²) in [6.45, 7) is 2.02. The molecular formula is C15H20FNO3S. The first-order valence-electron chi connectivity index (χ1n) is 7.41. The molecule has 2 bridgehead atoms. The van der Waals surface area contributed by atoms with E-state index in [1.165, 1.54) is 12.1 Å². The van der Waals surface area contributed by atoms with Gasteiger partial charge in [0.2, 0.25) is 10.0 Å². The highest BCUT2D eigenvalue weighted by atomic mass is 32.2. The van der Waals surface area contributed by atoms with Crippen molar-refractivity contribution in [1.82, 2.24) is 4.31 Å². The first kappa shape index (κ1) is 14.8. The number of hydrogen-bond acceptors (Lipinski definition) is 3. The smallest absolute Gasteiger partial charge is 0.214 e. The van der Waals surface area contributed by atoms with Gasteiger partial charge < -0.3 is 4.74 Å². The van der Waals surface area contributed by atoms with Crippen LogP contribution in [-0.2, 0) is 10.0 Å². The maximum absolute atomic E-state index is 12.9. The quantitative estimate of drug-likeness (QED) is 0.838. The molecule has 0 amide bonds. The van der Waals surface area contributed by atoms with Crippen molar-refractivity contribution in [2.45, 2.75) is 38.3 Å². The van der Waals surface area contributed by atoms with Crippen LogP contribution in [0.15, 0.2) is 24.3 Å². The maximum Gasteiger partial charge on any atom is 0.214 e. The fourth-order valence-corrected chi connectivity index (χ4v) is 5.14. The Labute approximate surface area is 125 Å². The fraction of sp³-hybridized carbons (Fsp3) is 0.600. The highest BCUT2D eigenvalue weighted by Gasteiger charge is 2.50. The zero-order chi connectivity index (χ0) is 15.0. The summed E-state index contributed by atoms with van der Waals surface area (Å²) < 4.78 is 44.8. The second kappa shape index (κ2) is 5.57. The average Bonchev–Trinajstić information content (AvgIpc) is 3.07. The van der Waals surface area contributed by atoms with Gasteiger partial charge in [-0.05, 0) is 56.4 Å². The Morgan fingerprint density at radius 2 is 2.00 bits per heavy atom. The van der Waals surface area contributed by atoms with E-state index in [1.54, 1.807) is 23.4 Å². The number of piperidine rings is 1. The highest BCUT2D eigenvalue weighted by Crippen LogP contribution is 2.44. The van der Waals surface area contributed by atoms with Crippen LogP contribution in [0.1, 0.15) is 26.2 Å². The van der Waals surface area contributed by atoms with Crippen LogP contribution in [0.3, 0.4) is 0 Å². The van der Waals surface area contributed by atoms with Crippen molar-refractivity contribution in [3.05, 3.63) is 30.1 Å². The molecule has 0 radical (unpaired) electrons. The first-order chi connectivity index (χ1) is 10.0. The predicted molar refractivity (Wildman–Crippen MR) is 78.1 cm³/mol. The summed E-state index contributed by atoms with van der Waals surface area (Å²) in [7, 11) is -3.20. The number of fused-ring (bicyclic) bond motifs is 2. The molecule has 116 valence electrons. The van der Waals surface area contributed by atoms with E-state index in [0.717, 1.165) is 19.3 Å². The fourth-order valence-electron chi connectivity index (χ4n) is 3.56. The molecule has 6 heteroatoms. The molecule has 4 nitrogen and oxygen atoms in total. The normalized spacial score (nSPS) is 29.0. The average molecular weight is 313 g/mol. The number of nitrogens with zero attached hydrogens (tertiary/aromatic N) is 1. The van der Waals surface area contributed by atoms with Gasteiger partial charge in [-0.3, -0.25) is 0 Å². The molecule has 21 heavy (non-hydrogen) atoms. The molecule has 1 saturated heterocycles. The minimum absolute atomic E-state index is 0.0845. The number of hydrogen-bond donors (Lipinski definition) is 0. The van der Waals surface area contributed by atoms with Gasteiger partial charge in [0.15, 0.2) is 0 Å². The van der Waals surface area contributed by atoms with Gasteiger partial charge in [0.05, 0.1) is 11.8 Å². The summed E-state index contributed by atoms with van der Waals surface area (Å²) in [5.74, 6) is 0.783. The number of rotatable bonds is 5. The lowest BCUT2D eigenvalue weighted by atomic mass is 10.0. The Kier molecular flexibility index (Phi) is 3.92. The lowest BCUT2D eigenvalue weighted by molar-refractivity contribution is 0.162. The van der Waals surface area contributed by atoms with Gasteiger partial charge in [0.25, 0.3) is 0 Å². The van der Waals surface area contributed by atoms with Crippen LogP contribution >= 0.6 is 0 Å². The first-order valence-corrected chi connectivity index (χ1v) is 9.01. The molecule has 3 atom stereocenters. The summed E-state index contributed by atoms with van der Waals surface area (Å²) in [6, 6.07) is 5.89. The lowest BCUT2D eigenvalue weighted by Gasteiger charge is -2.33. The molecule has 1 aliphatic carbocycles. The highest BCUT2D eigenvalue weighted by molar-refractivity contribution is 7.89. The minimum atomic E-state index is -3.20. The van der Waals surface area contributed by atoms with Gasteiger partial charge in [-0.1, -0.05) is 0 Å². The van der Waals surface area contributed by atoms with Crippen LogP contribution in [-0.4, -0.2) is 37.2 Å². The van der Waals surface area contributed by atoms with Crippen LogP contribution in [0.2, 0.25) is 0 Å². The van der Waals surface area contributed by atoms with Crippen molar-refractivity contribution in [1.29, 1.82) is 0 Å². The second-order valence-electron chi connectivity index (χ2n) is 5.79. The minimum Gasteiger partial charge on any atom is -0.492 e. The lowest BCUT2D eigenvalue weighted by Crippen LogP contribution is -2.48. The molecule has 1 aromatic carbocycles. The van der Waals surface area contributed by atoms with Gasteiger partial charge in [0, 0.05) is 6.04 Å². The molecule has 1 heterocycles. The van der Waals surface area contributed by atoms with E-state index >= 15 is 0 Å². The number of halogens is 1. The molecule has 0 spiro atoms. The van der Waals surface area contributed by atoms with E-state index in [2.05, 4.69) is 0 Å². The SMILES string of the molecule is CCS(=O)(=O)N1C2CCC(C2)[C@H]1COc1ccc(F)cc1. The van der Waals surface area contributed by atoms with E-state index in [-0.39, 0.29) is 23.7 Å². The monoisotopic (exact) mass is 313 g/mol. The molecule has 0 aromatic heterocycles. The molecule has 2 aliphatic rings. The van der Waals surface area contributed by atoms with E-state index in [4.69, 9.17) is 4.74 Å². The van der Waals surface area contributed by atoms with E-state index < -0.39 is 10.0 Å². The summed E-state index contributed by atoms with van der Waals surface area (Å²) >= 11 is 0. The van der Waals surface area contributed by atoms with Crippen molar-refractivity contribution >= 4 is 10.0 Å². The van der Waals surface area contributed by atoms with Gasteiger partial charge in [-0.25, -0.2) is 12.8 Å². The molecule has 1 saturated carbocycles. The van der Waals surface area contributed by atoms with Crippen molar-refractivity contribution in [2.75, 3.05) is 12.4 Å². The summed E-state index contributed by atoms with van der Waals surface area (Å²) in [5.41, 5.74) is 0. The van der Waals surface area contributed by atoms with Crippen LogP contribution in [0.5, 0.6) is 5.75 Å². The zero-order valence-electron chi connectivity index (χ0n) is 12.0. The third-order valence-corrected chi connectivity index (χ3v) is 6.54. The van der Waals surface area contributed by atoms with E-state index in [1.807, 2.05) is 0 Å². The second-order valence-corrected chi connectivity index (χ2v) is 7.95. The van der Waals surface area contributed by atoms with E-state index in [0.29, 0.717) is 18.3 Å². The van der Waals surface area contributed by atoms with Gasteiger partial charge in [-0.15, -0.1) is 0 Å². The van der Waals surface area contributed by atoms with Crippen molar-refractivity contribution < 1.29 is 17.5 Å². The molecule has 2 unspecified atom stereocenters. The Morgan fingerprint density at radius 1 is 1.29 bits per heavy atom. The Bertz CT molecular complexity index is 602. The van der Waals surface area contributed by atoms with Crippen LogP contribution in [0.4, 0.5) is 4.39 Å². The van der Waals surface area contributed by atoms with Crippen LogP contribution in [0.25, 0.3) is 0 Å². The molecule has 1 aliphatic heterocycles. The molecular weight excluding hydrogens is 293 g/mol. The van der Waals surface area contributed by atoms with Crippen molar-refractivity contribution in [2.24, 2.45) is 5.92 Å². The van der Waals surface area contributed by atoms with Crippen molar-refractivity contribution in [3.63, 3.8) is 0 Å². The summed E-state index contributed by atoms with van der Waals surface area (Å²) in [5, 5.41) is 0. The number of sulfonamides is 1. The molecule has 0 N–H and O–H groups in total. The number of benzene rings is 1. The standard InChI is InChI=1S/C15H20FNO3S/c1-2-21(18,19)17-13-6-3-11(9-13)15(17)10-20-14-7-4-12(16)5-8-14/h4-5,7-8,11,13,15H,2-3,6,9-10H2,1H3/t11?,13?,15-/m1/s1. The van der Waals surface area contributed by atoms with Crippen LogP contribution < -0.4 is 4.74 Å². The van der Waals surface area contributed by atoms with Gasteiger partial charge in [-0.2, -0.15) is 4.31 Å². The molecule has 2 fully saturated rings. The van der Waals surface area contributed by atoms with Gasteiger partial charge >= 0.3 is 0 Å². The van der Waals surface area contributed by atoms with Gasteiger partial charge in [0.1, 0.15) is 18.2 Å². The summed E-state index contributed by atoms with van der Waals surface area (Å²) in [4.78, 5) is 0. The Balaban J connectivity index is 1.72. The van der Waals surface area contributed by atoms with Crippen molar-refractivity contribution in [3.8, 4) is 5.75 Å². The van der Waals surface area contributed by atoms with E-state index in [9.17, 15) is 12.8 Å². The molecule has 3 rings (SSSR count). The number of ether oxygens (including phenoxy) is 1. The zero-order valence-corrected chi connectivity index (χ0v) is 12.9. The van der Waals surface area contributed by atoms with Crippen LogP contribution in [0, 0.1) is 11.7 Å². The largest absolute Gasteiger partial charge is 0.492 e.